The van der Waals surface area contributed by atoms with E-state index >= 15 is 0 Å². The van der Waals surface area contributed by atoms with Gasteiger partial charge in [0.15, 0.2) is 0 Å². The molecule has 1 atom stereocenters. The molecule has 0 saturated carbocycles. The Morgan fingerprint density at radius 2 is 1.58 bits per heavy atom. The molecule has 8 nitrogen and oxygen atoms in total. The molecule has 4 amide bonds. The fraction of sp³-hybridized carbons (Fsp3) is 0.375. The van der Waals surface area contributed by atoms with Crippen LogP contribution < -0.4 is 21.3 Å². The summed E-state index contributed by atoms with van der Waals surface area (Å²) in [5.41, 5.74) is 4.95. The first-order valence-electron chi connectivity index (χ1n) is 10.4. The van der Waals surface area contributed by atoms with Crippen molar-refractivity contribution >= 4 is 23.6 Å². The summed E-state index contributed by atoms with van der Waals surface area (Å²) in [6.45, 7) is 10.2. The Bertz CT molecular complexity index is 1020. The van der Waals surface area contributed by atoms with E-state index in [1.165, 1.54) is 38.8 Å². The van der Waals surface area contributed by atoms with Crippen molar-refractivity contribution in [3.8, 4) is 0 Å². The number of allylic oxidation sites excluding steroid dienone is 1. The second-order valence-electron chi connectivity index (χ2n) is 8.07. The van der Waals surface area contributed by atoms with Crippen LogP contribution in [0.3, 0.4) is 0 Å². The topological polar surface area (TPSA) is 116 Å². The molecule has 1 aromatic rings. The predicted octanol–water partition coefficient (Wildman–Crippen LogP) is 1.42. The second kappa shape index (κ2) is 12.0. The molecule has 2 aliphatic rings. The van der Waals surface area contributed by atoms with Gasteiger partial charge in [-0.25, -0.2) is 11.6 Å². The first kappa shape index (κ1) is 28.4. The van der Waals surface area contributed by atoms with Crippen LogP contribution in [0.25, 0.3) is 0 Å². The molecule has 0 spiro atoms. The van der Waals surface area contributed by atoms with E-state index in [0.29, 0.717) is 5.70 Å². The van der Waals surface area contributed by atoms with Crippen LogP contribution in [0.5, 0.6) is 0 Å². The molecule has 0 aliphatic heterocycles. The van der Waals surface area contributed by atoms with Crippen molar-refractivity contribution in [1.29, 1.82) is 0 Å². The van der Waals surface area contributed by atoms with Crippen LogP contribution in [0, 0.1) is 13.8 Å². The van der Waals surface area contributed by atoms with E-state index in [0.717, 1.165) is 16.7 Å². The zero-order chi connectivity index (χ0) is 24.1. The molecule has 4 N–H and O–H groups in total. The van der Waals surface area contributed by atoms with Gasteiger partial charge in [0.25, 0.3) is 0 Å². The minimum absolute atomic E-state index is 0. The van der Waals surface area contributed by atoms with Crippen molar-refractivity contribution in [3.05, 3.63) is 63.9 Å². The zero-order valence-electron chi connectivity index (χ0n) is 19.9. The van der Waals surface area contributed by atoms with E-state index in [-0.39, 0.29) is 62.9 Å². The minimum atomic E-state index is -0.762. The van der Waals surface area contributed by atoms with Crippen LogP contribution in [0.1, 0.15) is 38.8 Å². The van der Waals surface area contributed by atoms with Crippen molar-refractivity contribution in [3.63, 3.8) is 0 Å². The molecule has 3 rings (SSSR count). The minimum Gasteiger partial charge on any atom is -0.353 e. The van der Waals surface area contributed by atoms with Crippen LogP contribution in [-0.4, -0.2) is 42.3 Å². The van der Waals surface area contributed by atoms with Gasteiger partial charge in [0.05, 0.1) is 6.54 Å². The number of carbonyl (C=O) groups excluding carboxylic acids is 4. The van der Waals surface area contributed by atoms with Crippen LogP contribution in [-0.2, 0) is 45.4 Å². The Morgan fingerprint density at radius 1 is 0.939 bits per heavy atom. The van der Waals surface area contributed by atoms with Crippen molar-refractivity contribution in [2.75, 3.05) is 13.1 Å². The first-order chi connectivity index (χ1) is 15.0. The van der Waals surface area contributed by atoms with Gasteiger partial charge in [-0.3, -0.25) is 19.2 Å². The van der Waals surface area contributed by atoms with Gasteiger partial charge in [-0.2, -0.15) is 17.7 Å². The largest absolute Gasteiger partial charge is 0.353 e. The van der Waals surface area contributed by atoms with Gasteiger partial charge in [-0.05, 0) is 11.1 Å². The van der Waals surface area contributed by atoms with Gasteiger partial charge in [0.2, 0.25) is 23.6 Å². The molecule has 1 unspecified atom stereocenters. The van der Waals surface area contributed by atoms with Crippen LogP contribution >= 0.6 is 0 Å². The van der Waals surface area contributed by atoms with Crippen molar-refractivity contribution in [2.24, 2.45) is 0 Å². The molecular formula is C24H31N4O4Zr-. The zero-order valence-corrected chi connectivity index (χ0v) is 22.4. The average Bonchev–Trinajstić information content (AvgIpc) is 2.99. The quantitative estimate of drug-likeness (QED) is 0.416. The van der Waals surface area contributed by atoms with E-state index in [9.17, 15) is 19.2 Å². The smallest absolute Gasteiger partial charge is 0.221 e. The number of hydrogen-bond acceptors (Lipinski definition) is 4. The monoisotopic (exact) mass is 529 g/mol. The standard InChI is InChI=1S/C17H22N4O4.C7H9.Zr/c1-9(22)18-7-15(20-11(3)24)13-5-6-14-16(13)17(14,21-12(4)25)8-19-10(2)23;1-6-3-4-7(2)5-6;/h5-6H,7-8H2,1-4H3,(H,18,22)(H,19,23)(H,20,24)(H,21,25);3-5H,1-2H3;/q;-1;. The van der Waals surface area contributed by atoms with Crippen LogP contribution in [0.15, 0.2) is 52.8 Å². The summed E-state index contributed by atoms with van der Waals surface area (Å²) in [6.07, 6.45) is 3.67. The number of nitrogens with one attached hydrogen (secondary N) is 4. The molecule has 0 saturated heterocycles. The molecule has 1 aromatic carbocycles. The predicted molar refractivity (Wildman–Crippen MR) is 122 cm³/mol. The van der Waals surface area contributed by atoms with Crippen molar-refractivity contribution < 1.29 is 45.4 Å². The Hall–Kier alpha value is -2.67. The van der Waals surface area contributed by atoms with Crippen LogP contribution in [0.4, 0.5) is 0 Å². The maximum absolute atomic E-state index is 11.6. The van der Waals surface area contributed by atoms with Gasteiger partial charge in [0, 0.05) is 71.7 Å². The fourth-order valence-corrected chi connectivity index (χ4v) is 3.71. The summed E-state index contributed by atoms with van der Waals surface area (Å²) >= 11 is 0. The molecule has 176 valence electrons. The fourth-order valence-electron chi connectivity index (χ4n) is 3.71. The Morgan fingerprint density at radius 3 is 2.00 bits per heavy atom. The summed E-state index contributed by atoms with van der Waals surface area (Å²) in [4.78, 5) is 45.6. The average molecular weight is 531 g/mol. The summed E-state index contributed by atoms with van der Waals surface area (Å²) < 4.78 is 0. The summed E-state index contributed by atoms with van der Waals surface area (Å²) in [5.74, 6) is -0.911. The molecule has 33 heavy (non-hydrogen) atoms. The molecule has 9 heteroatoms. The molecule has 0 heterocycles. The van der Waals surface area contributed by atoms with Gasteiger partial charge >= 0.3 is 0 Å². The van der Waals surface area contributed by atoms with E-state index < -0.39 is 5.54 Å². The first-order valence-corrected chi connectivity index (χ1v) is 10.4. The third-order valence-electron chi connectivity index (χ3n) is 5.00. The maximum Gasteiger partial charge on any atom is 0.221 e. The normalized spacial score (nSPS) is 18.7. The van der Waals surface area contributed by atoms with Gasteiger partial charge in [0.1, 0.15) is 5.54 Å². The summed E-state index contributed by atoms with van der Waals surface area (Å²) in [7, 11) is 0. The van der Waals surface area contributed by atoms with E-state index in [1.807, 2.05) is 12.2 Å². The Labute approximate surface area is 213 Å². The van der Waals surface area contributed by atoms with E-state index in [2.05, 4.69) is 53.3 Å². The number of carbonyl (C=O) groups is 4. The van der Waals surface area contributed by atoms with Gasteiger partial charge in [-0.1, -0.05) is 26.0 Å². The Balaban J connectivity index is 0.000000581. The number of amides is 4. The molecule has 0 bridgehead atoms. The maximum atomic E-state index is 11.6. The van der Waals surface area contributed by atoms with Gasteiger partial charge in [-0.15, -0.1) is 0 Å². The van der Waals surface area contributed by atoms with E-state index in [4.69, 9.17) is 0 Å². The Kier molecular flexibility index (Phi) is 10.3. The summed E-state index contributed by atoms with van der Waals surface area (Å²) in [5, 5.41) is 11.0. The van der Waals surface area contributed by atoms with Gasteiger partial charge < -0.3 is 21.3 Å². The van der Waals surface area contributed by atoms with Crippen molar-refractivity contribution in [1.82, 2.24) is 21.3 Å². The molecule has 2 aliphatic carbocycles. The molecular weight excluding hydrogens is 500 g/mol. The third kappa shape index (κ3) is 7.70. The number of aryl methyl sites for hydroxylation is 2. The number of hydrogen-bond donors (Lipinski definition) is 4. The van der Waals surface area contributed by atoms with Crippen LogP contribution in [0.2, 0.25) is 0 Å². The molecule has 0 radical (unpaired) electrons. The third-order valence-corrected chi connectivity index (χ3v) is 5.00. The molecule has 0 aromatic heterocycles. The van der Waals surface area contributed by atoms with Crippen molar-refractivity contribution in [2.45, 2.75) is 47.1 Å². The SMILES string of the molecule is CC(=O)NCC(NC(C)=O)=C1C=CC2=C1C2(CNC(C)=O)NC(C)=O.Cc1cc[c-](C)c1.[Zr]. The summed E-state index contributed by atoms with van der Waals surface area (Å²) in [6, 6.07) is 6.41. The van der Waals surface area contributed by atoms with E-state index in [1.54, 1.807) is 0 Å². The molecule has 0 fully saturated rings. The number of rotatable bonds is 6. The second-order valence-corrected chi connectivity index (χ2v) is 8.07.